The number of rotatable bonds is 9. The molecule has 0 fully saturated rings. The van der Waals surface area contributed by atoms with Crippen molar-refractivity contribution in [2.24, 2.45) is 0 Å². The topological polar surface area (TPSA) is 7.76 Å². The monoisotopic (exact) mass is 612 g/mol. The molecule has 46 heavy (non-hydrogen) atoms. The molecule has 0 radical (unpaired) electrons. The first-order valence-electron chi connectivity index (χ1n) is 17.5. The van der Waals surface area contributed by atoms with Crippen LogP contribution in [0.4, 0.5) is 4.39 Å². The molecule has 2 atom stereocenters. The van der Waals surface area contributed by atoms with Crippen molar-refractivity contribution in [2.75, 3.05) is 0 Å². The van der Waals surface area contributed by atoms with E-state index >= 15 is 4.39 Å². The van der Waals surface area contributed by atoms with E-state index in [-0.39, 0.29) is 16.8 Å². The zero-order chi connectivity index (χ0) is 32.4. The quantitative estimate of drug-likeness (QED) is 0.146. The van der Waals surface area contributed by atoms with E-state index in [0.717, 1.165) is 49.8 Å². The lowest BCUT2D eigenvalue weighted by molar-refractivity contribution is -0.767. The second kappa shape index (κ2) is 11.1. The highest BCUT2D eigenvalue weighted by molar-refractivity contribution is 6.01. The lowest BCUT2D eigenvalue weighted by Crippen LogP contribution is -2.69. The van der Waals surface area contributed by atoms with Crippen molar-refractivity contribution in [3.05, 3.63) is 119 Å². The van der Waals surface area contributed by atoms with E-state index in [4.69, 9.17) is 0 Å². The van der Waals surface area contributed by atoms with Crippen molar-refractivity contribution in [1.29, 1.82) is 0 Å². The molecule has 2 aromatic heterocycles. The minimum atomic E-state index is -0.451. The average molecular weight is 613 g/mol. The summed E-state index contributed by atoms with van der Waals surface area (Å²) in [7, 11) is 0. The van der Waals surface area contributed by atoms with Crippen molar-refractivity contribution in [3.8, 4) is 22.5 Å². The molecule has 2 nitrogen and oxygen atoms in total. The zero-order valence-corrected chi connectivity index (χ0v) is 28.8. The highest BCUT2D eigenvalue weighted by atomic mass is 19.1. The van der Waals surface area contributed by atoms with E-state index in [9.17, 15) is 0 Å². The third-order valence-electron chi connectivity index (χ3n) is 12.1. The summed E-state index contributed by atoms with van der Waals surface area (Å²) in [5, 5.41) is 2.60. The number of unbranched alkanes of at least 4 members (excludes halogenated alkanes) is 1. The second-order valence-electron chi connectivity index (χ2n) is 14.6. The smallest absolute Gasteiger partial charge is 0.207 e. The predicted octanol–water partition coefficient (Wildman–Crippen LogP) is 10.1. The molecule has 0 spiro atoms. The van der Waals surface area contributed by atoms with Gasteiger partial charge in [-0.15, -0.1) is 0 Å². The maximum absolute atomic E-state index is 16.4. The molecule has 236 valence electrons. The van der Waals surface area contributed by atoms with Gasteiger partial charge in [0.15, 0.2) is 17.9 Å². The van der Waals surface area contributed by atoms with Gasteiger partial charge in [-0.25, -0.2) is 4.39 Å². The van der Waals surface area contributed by atoms with Crippen LogP contribution in [0.5, 0.6) is 0 Å². The molecule has 2 aliphatic rings. The Morgan fingerprint density at radius 3 is 2.33 bits per heavy atom. The van der Waals surface area contributed by atoms with E-state index in [1.165, 1.54) is 56.4 Å². The lowest BCUT2D eigenvalue weighted by atomic mass is 9.55. The summed E-state index contributed by atoms with van der Waals surface area (Å²) in [6.45, 7) is 17.0. The van der Waals surface area contributed by atoms with E-state index in [0.29, 0.717) is 0 Å². The number of nitrogens with zero attached hydrogens (tertiary/aromatic N) is 2. The number of hydrogen-bond acceptors (Lipinski definition) is 0. The van der Waals surface area contributed by atoms with Crippen LogP contribution in [0, 0.1) is 12.7 Å². The van der Waals surface area contributed by atoms with E-state index in [1.54, 1.807) is 6.07 Å². The number of aryl methyl sites for hydroxylation is 3. The predicted molar refractivity (Wildman–Crippen MR) is 188 cm³/mol. The average Bonchev–Trinajstić information content (AvgIpc) is 3.06. The number of aromatic nitrogens is 2. The maximum atomic E-state index is 16.4. The molecule has 1 aliphatic carbocycles. The molecule has 3 heteroatoms. The summed E-state index contributed by atoms with van der Waals surface area (Å²) in [6.07, 6.45) is 10.9. The molecular formula is C43H49FN2+2. The molecule has 0 amide bonds. The van der Waals surface area contributed by atoms with Gasteiger partial charge in [-0.05, 0) is 72.0 Å². The summed E-state index contributed by atoms with van der Waals surface area (Å²) >= 11 is 0. The van der Waals surface area contributed by atoms with Crippen LogP contribution in [0.15, 0.2) is 85.2 Å². The van der Waals surface area contributed by atoms with Gasteiger partial charge in [0.05, 0.1) is 16.4 Å². The lowest BCUT2D eigenvalue weighted by Gasteiger charge is -2.50. The molecular weight excluding hydrogens is 563 g/mol. The molecule has 0 N–H and O–H groups in total. The molecule has 5 aromatic rings. The van der Waals surface area contributed by atoms with Crippen molar-refractivity contribution in [3.63, 3.8) is 0 Å². The molecule has 0 bridgehead atoms. The Bertz CT molecular complexity index is 1990. The molecule has 3 aromatic carbocycles. The highest BCUT2D eigenvalue weighted by Crippen LogP contribution is 2.59. The number of benzene rings is 3. The van der Waals surface area contributed by atoms with Gasteiger partial charge in [-0.1, -0.05) is 77.4 Å². The summed E-state index contributed by atoms with van der Waals surface area (Å²) in [4.78, 5) is 0. The van der Waals surface area contributed by atoms with Crippen LogP contribution in [0.2, 0.25) is 0 Å². The summed E-state index contributed by atoms with van der Waals surface area (Å²) in [5.74, 6) is -0.0821. The SMILES string of the molecule is CCCCc1cc2c3c4[n+](ccc3c1)C(C)(CC)C(CC)(CC[n+]1ccccc1-c1ccccc1C)c1ccc(F)c(c1-4)C2(C)C. The van der Waals surface area contributed by atoms with Crippen LogP contribution >= 0.6 is 0 Å². The van der Waals surface area contributed by atoms with Crippen LogP contribution < -0.4 is 9.13 Å². The van der Waals surface area contributed by atoms with E-state index in [2.05, 4.69) is 137 Å². The fourth-order valence-corrected chi connectivity index (χ4v) is 9.38. The Hall–Kier alpha value is -3.85. The van der Waals surface area contributed by atoms with Crippen LogP contribution in [0.3, 0.4) is 0 Å². The first kappa shape index (κ1) is 30.8. The van der Waals surface area contributed by atoms with Crippen molar-refractivity contribution < 1.29 is 13.5 Å². The number of hydrogen-bond donors (Lipinski definition) is 0. The van der Waals surface area contributed by atoms with E-state index < -0.39 is 5.41 Å². The zero-order valence-electron chi connectivity index (χ0n) is 28.8. The van der Waals surface area contributed by atoms with Gasteiger partial charge in [0, 0.05) is 54.5 Å². The fraction of sp³-hybridized carbons (Fsp3) is 0.395. The Morgan fingerprint density at radius 1 is 0.804 bits per heavy atom. The fourth-order valence-electron chi connectivity index (χ4n) is 9.38. The van der Waals surface area contributed by atoms with Gasteiger partial charge in [0.1, 0.15) is 12.4 Å². The molecule has 0 saturated carbocycles. The van der Waals surface area contributed by atoms with Crippen LogP contribution in [-0.4, -0.2) is 0 Å². The molecule has 7 rings (SSSR count). The Labute approximate surface area is 275 Å². The minimum absolute atomic E-state index is 0.0821. The Morgan fingerprint density at radius 2 is 1.59 bits per heavy atom. The van der Waals surface area contributed by atoms with Crippen molar-refractivity contribution in [2.45, 2.75) is 110 Å². The van der Waals surface area contributed by atoms with Crippen LogP contribution in [0.1, 0.15) is 101 Å². The van der Waals surface area contributed by atoms with Gasteiger partial charge >= 0.3 is 0 Å². The van der Waals surface area contributed by atoms with Gasteiger partial charge < -0.3 is 0 Å². The Balaban J connectivity index is 1.47. The first-order valence-corrected chi connectivity index (χ1v) is 17.5. The largest absolute Gasteiger partial charge is 0.221 e. The normalized spacial score (nSPS) is 20.7. The molecule has 2 unspecified atom stereocenters. The number of pyridine rings is 2. The van der Waals surface area contributed by atoms with E-state index in [1.807, 2.05) is 0 Å². The van der Waals surface area contributed by atoms with Gasteiger partial charge in [-0.3, -0.25) is 0 Å². The maximum Gasteiger partial charge on any atom is 0.221 e. The number of halogens is 1. The first-order chi connectivity index (χ1) is 22.1. The van der Waals surface area contributed by atoms with Crippen molar-refractivity contribution in [1.82, 2.24) is 0 Å². The van der Waals surface area contributed by atoms with Crippen molar-refractivity contribution >= 4 is 10.8 Å². The summed E-state index contributed by atoms with van der Waals surface area (Å²) in [5.41, 5.74) is 10.1. The molecule has 0 saturated heterocycles. The summed E-state index contributed by atoms with van der Waals surface area (Å²) in [6, 6.07) is 26.3. The third kappa shape index (κ3) is 4.19. The van der Waals surface area contributed by atoms with Gasteiger partial charge in [-0.2, -0.15) is 9.13 Å². The third-order valence-corrected chi connectivity index (χ3v) is 12.1. The van der Waals surface area contributed by atoms with Crippen LogP contribution in [0.25, 0.3) is 33.3 Å². The minimum Gasteiger partial charge on any atom is -0.207 e. The Kier molecular flexibility index (Phi) is 7.46. The van der Waals surface area contributed by atoms with Gasteiger partial charge in [0.2, 0.25) is 11.4 Å². The molecule has 1 aliphatic heterocycles. The molecule has 3 heterocycles. The highest BCUT2D eigenvalue weighted by Gasteiger charge is 2.61. The second-order valence-corrected chi connectivity index (χ2v) is 14.6. The van der Waals surface area contributed by atoms with Crippen LogP contribution in [-0.2, 0) is 29.3 Å². The summed E-state index contributed by atoms with van der Waals surface area (Å²) < 4.78 is 21.4. The van der Waals surface area contributed by atoms with Gasteiger partial charge in [0.25, 0.3) is 0 Å². The standard InChI is InChI=1S/C43H49FN2/c1-8-11-17-30-27-31-22-25-46-40-37(31)34(28-30)41(5,6)39-35(44)21-20-33(38(39)40)43(10-3,42(46,7)9-2)23-26-45-24-15-14-19-36(45)32-18-13-12-16-29(32)4/h12-16,18-22,24-25,27-28H,8-11,17,23,26H2,1-7H3/q+2.